The maximum absolute atomic E-state index is 6.09. The summed E-state index contributed by atoms with van der Waals surface area (Å²) in [5.74, 6) is 0. The molecular formula is C43H72O6Si4. The molecule has 0 radical (unpaired) electrons. The number of benzene rings is 3. The minimum atomic E-state index is -2.36. The molecule has 0 saturated carbocycles. The number of hydrogen-bond acceptors (Lipinski definition) is 6. The van der Waals surface area contributed by atoms with E-state index in [1.54, 1.807) is 0 Å². The second-order valence-electron chi connectivity index (χ2n) is 15.1. The van der Waals surface area contributed by atoms with Gasteiger partial charge in [-0.15, -0.1) is 0 Å². The Morgan fingerprint density at radius 2 is 0.509 bits per heavy atom. The third kappa shape index (κ3) is 14.1. The summed E-state index contributed by atoms with van der Waals surface area (Å²) in [6.07, 6.45) is 15.2. The Hall–Kier alpha value is -1.71. The van der Waals surface area contributed by atoms with E-state index >= 15 is 0 Å². The lowest BCUT2D eigenvalue weighted by molar-refractivity contribution is 0.255. The van der Waals surface area contributed by atoms with E-state index in [0.717, 1.165) is 37.4 Å². The van der Waals surface area contributed by atoms with Crippen molar-refractivity contribution in [3.63, 3.8) is 0 Å². The van der Waals surface area contributed by atoms with Gasteiger partial charge in [-0.1, -0.05) is 193 Å². The molecule has 0 aliphatic heterocycles. The summed E-state index contributed by atoms with van der Waals surface area (Å²) in [4.78, 5) is 0. The van der Waals surface area contributed by atoms with E-state index in [1.165, 1.54) is 91.5 Å². The lowest BCUT2D eigenvalue weighted by atomic mass is 10.2. The molecule has 6 nitrogen and oxygen atoms in total. The highest BCUT2D eigenvalue weighted by molar-refractivity contribution is 6.82. The molecule has 3 rings (SSSR count). The zero-order valence-electron chi connectivity index (χ0n) is 34.3. The third-order valence-corrected chi connectivity index (χ3v) is 27.0. The highest BCUT2D eigenvalue weighted by Gasteiger charge is 2.39. The maximum Gasteiger partial charge on any atom is 0.371 e. The summed E-state index contributed by atoms with van der Waals surface area (Å²) < 4.78 is 36.5. The number of rotatable bonds is 30. The Bertz CT molecular complexity index is 1180. The molecule has 0 N–H and O–H groups in total. The lowest BCUT2D eigenvalue weighted by Gasteiger charge is -2.29. The van der Waals surface area contributed by atoms with E-state index in [0.29, 0.717) is 0 Å². The van der Waals surface area contributed by atoms with Gasteiger partial charge in [0.2, 0.25) is 0 Å². The summed E-state index contributed by atoms with van der Waals surface area (Å²) >= 11 is 0. The van der Waals surface area contributed by atoms with Gasteiger partial charge in [0.05, 0.1) is 8.07 Å². The van der Waals surface area contributed by atoms with Crippen molar-refractivity contribution in [1.29, 1.82) is 0 Å². The van der Waals surface area contributed by atoms with Gasteiger partial charge in [-0.25, -0.2) is 0 Å². The maximum atomic E-state index is 6.09. The van der Waals surface area contributed by atoms with Crippen molar-refractivity contribution in [3.05, 3.63) is 91.0 Å². The van der Waals surface area contributed by atoms with Gasteiger partial charge in [0.25, 0.3) is 0 Å². The fourth-order valence-corrected chi connectivity index (χ4v) is 20.6. The first kappa shape index (κ1) is 45.7. The van der Waals surface area contributed by atoms with Gasteiger partial charge < -0.3 is 26.6 Å². The minimum Gasteiger partial charge on any atom is -0.394 e. The summed E-state index contributed by atoms with van der Waals surface area (Å²) in [5, 5.41) is 3.71. The van der Waals surface area contributed by atoms with E-state index in [2.05, 4.69) is 97.5 Å². The first-order chi connectivity index (χ1) is 25.8. The molecule has 0 fully saturated rings. The van der Waals surface area contributed by atoms with Crippen LogP contribution in [0.4, 0.5) is 0 Å². The van der Waals surface area contributed by atoms with Gasteiger partial charge in [-0.3, -0.25) is 0 Å². The molecule has 0 atom stereocenters. The molecule has 0 aliphatic carbocycles. The van der Waals surface area contributed by atoms with Crippen LogP contribution in [-0.4, -0.2) is 76.4 Å². The molecule has 3 aromatic rings. The molecule has 0 unspecified atom stereocenters. The molecule has 0 aromatic heterocycles. The fraction of sp³-hybridized carbons (Fsp3) is 0.581. The van der Waals surface area contributed by atoms with Gasteiger partial charge in [0, 0.05) is 42.7 Å². The van der Waals surface area contributed by atoms with Crippen LogP contribution in [0, 0.1) is 0 Å². The molecule has 0 aliphatic rings. The van der Waals surface area contributed by atoms with Crippen LogP contribution >= 0.6 is 0 Å². The lowest BCUT2D eigenvalue weighted by Crippen LogP contribution is -2.52. The van der Waals surface area contributed by atoms with Crippen LogP contribution in [0.1, 0.15) is 77.0 Å². The fourth-order valence-electron chi connectivity index (χ4n) is 8.24. The average molecular weight is 797 g/mol. The standard InChI is InChI=1S/C43H72O6Si4/c1-44-51(45-2,41-29-17-14-18-30-41)38-26-11-8-23-35-50(7,36-24-9-12-27-39-52(46-3,47-4)42-31-19-15-20-32-42)37-25-10-13-28-40-53(48-5,49-6)43-33-21-16-22-34-43/h14-22,29-34H,8-13,23-28,35-40H2,1-7H3. The molecule has 0 bridgehead atoms. The van der Waals surface area contributed by atoms with Crippen molar-refractivity contribution < 1.29 is 26.6 Å². The van der Waals surface area contributed by atoms with Crippen molar-refractivity contribution in [1.82, 2.24) is 0 Å². The normalized spacial score (nSPS) is 12.7. The zero-order chi connectivity index (χ0) is 38.3. The quantitative estimate of drug-likeness (QED) is 0.0495. The molecule has 0 amide bonds. The Morgan fingerprint density at radius 1 is 0.302 bits per heavy atom. The second-order valence-corrected chi connectivity index (χ2v) is 30.5. The molecule has 0 heterocycles. The summed E-state index contributed by atoms with van der Waals surface area (Å²) in [6, 6.07) is 39.2. The van der Waals surface area contributed by atoms with Crippen molar-refractivity contribution in [2.75, 3.05) is 42.7 Å². The van der Waals surface area contributed by atoms with Crippen molar-refractivity contribution in [3.8, 4) is 0 Å². The first-order valence-corrected chi connectivity index (χ1v) is 29.5. The predicted molar refractivity (Wildman–Crippen MR) is 233 cm³/mol. The van der Waals surface area contributed by atoms with E-state index in [-0.39, 0.29) is 0 Å². The van der Waals surface area contributed by atoms with Gasteiger partial charge in [-0.2, -0.15) is 0 Å². The number of hydrogen-bond donors (Lipinski definition) is 0. The Balaban J connectivity index is 1.49. The highest BCUT2D eigenvalue weighted by Crippen LogP contribution is 2.31. The predicted octanol–water partition coefficient (Wildman–Crippen LogP) is 9.67. The van der Waals surface area contributed by atoms with Gasteiger partial charge in [0.1, 0.15) is 0 Å². The highest BCUT2D eigenvalue weighted by atomic mass is 28.4. The average Bonchev–Trinajstić information content (AvgIpc) is 3.22. The van der Waals surface area contributed by atoms with Crippen LogP contribution in [0.15, 0.2) is 91.0 Å². The van der Waals surface area contributed by atoms with Crippen LogP contribution in [0.2, 0.25) is 42.8 Å². The second kappa shape index (κ2) is 24.7. The van der Waals surface area contributed by atoms with Crippen molar-refractivity contribution >= 4 is 49.3 Å². The van der Waals surface area contributed by atoms with Crippen LogP contribution < -0.4 is 15.6 Å². The smallest absolute Gasteiger partial charge is 0.371 e. The number of unbranched alkanes of at least 4 members (excludes halogenated alkanes) is 9. The summed E-state index contributed by atoms with van der Waals surface area (Å²) in [7, 11) is 2.50. The monoisotopic (exact) mass is 796 g/mol. The van der Waals surface area contributed by atoms with Crippen LogP contribution in [0.3, 0.4) is 0 Å². The van der Waals surface area contributed by atoms with E-state index in [9.17, 15) is 0 Å². The van der Waals surface area contributed by atoms with E-state index < -0.39 is 33.8 Å². The SMILES string of the molecule is CO[Si](CCCCCC[Si](C)(CCCCCC[Si](OC)(OC)c1ccccc1)CCCCCC[Si](OC)(OC)c1ccccc1)(OC)c1ccccc1. The molecule has 0 spiro atoms. The van der Waals surface area contributed by atoms with Crippen LogP contribution in [0.25, 0.3) is 0 Å². The topological polar surface area (TPSA) is 55.4 Å². The van der Waals surface area contributed by atoms with Crippen molar-refractivity contribution in [2.24, 2.45) is 0 Å². The van der Waals surface area contributed by atoms with Crippen LogP contribution in [-0.2, 0) is 26.6 Å². The Labute approximate surface area is 328 Å². The molecule has 0 saturated heterocycles. The largest absolute Gasteiger partial charge is 0.394 e. The molecule has 53 heavy (non-hydrogen) atoms. The van der Waals surface area contributed by atoms with Gasteiger partial charge in [0.15, 0.2) is 0 Å². The molecule has 3 aromatic carbocycles. The van der Waals surface area contributed by atoms with Gasteiger partial charge >= 0.3 is 25.7 Å². The molecular weight excluding hydrogens is 725 g/mol. The summed E-state index contributed by atoms with van der Waals surface area (Å²) in [6.45, 7) is 2.71. The molecule has 10 heteroatoms. The first-order valence-electron chi connectivity index (χ1n) is 20.3. The summed E-state index contributed by atoms with van der Waals surface area (Å²) in [5.41, 5.74) is 0. The van der Waals surface area contributed by atoms with E-state index in [4.69, 9.17) is 26.6 Å². The third-order valence-electron chi connectivity index (χ3n) is 11.7. The van der Waals surface area contributed by atoms with Crippen LogP contribution in [0.5, 0.6) is 0 Å². The zero-order valence-corrected chi connectivity index (χ0v) is 38.3. The van der Waals surface area contributed by atoms with Crippen molar-refractivity contribution in [2.45, 2.75) is 120 Å². The van der Waals surface area contributed by atoms with Gasteiger partial charge in [-0.05, 0) is 33.7 Å². The Kier molecular flexibility index (Phi) is 21.3. The van der Waals surface area contributed by atoms with E-state index in [1.807, 2.05) is 42.7 Å². The minimum absolute atomic E-state index is 1.01. The molecule has 296 valence electrons. The Morgan fingerprint density at radius 3 is 0.717 bits per heavy atom.